The van der Waals surface area contributed by atoms with Crippen molar-refractivity contribution in [3.8, 4) is 0 Å². The smallest absolute Gasteiger partial charge is 0.153 e. The third-order valence-electron chi connectivity index (χ3n) is 5.00. The summed E-state index contributed by atoms with van der Waals surface area (Å²) in [5.74, 6) is 0.946. The van der Waals surface area contributed by atoms with Crippen molar-refractivity contribution in [2.75, 3.05) is 10.2 Å². The minimum atomic E-state index is -0.769. The number of aliphatic hydroxyl groups excluding tert-OH is 1. The van der Waals surface area contributed by atoms with Gasteiger partial charge in [0.1, 0.15) is 5.82 Å². The fraction of sp³-hybridized carbons (Fsp3) is 0.250. The summed E-state index contributed by atoms with van der Waals surface area (Å²) in [6, 6.07) is 14.0. The van der Waals surface area contributed by atoms with Gasteiger partial charge in [0.25, 0.3) is 0 Å². The summed E-state index contributed by atoms with van der Waals surface area (Å²) in [5, 5.41) is 19.0. The Bertz CT molecular complexity index is 949. The van der Waals surface area contributed by atoms with Crippen LogP contribution in [0.5, 0.6) is 0 Å². The second kappa shape index (κ2) is 6.48. The van der Waals surface area contributed by atoms with E-state index in [-0.39, 0.29) is 0 Å². The summed E-state index contributed by atoms with van der Waals surface area (Å²) in [6.45, 7) is 3.08. The standard InChI is InChI=1S/C20H23N5O/c1-13-9-14(7-8-15(13)10-21)20(26)25-12-16-11-22-24(2)19(16)23-17-5-3-4-6-18(17)25/h3-9,11,20,23,26H,10,12,21H2,1-2H3. The van der Waals surface area contributed by atoms with E-state index >= 15 is 0 Å². The Balaban J connectivity index is 1.78. The van der Waals surface area contributed by atoms with E-state index in [1.54, 1.807) is 0 Å². The molecule has 0 fully saturated rings. The fourth-order valence-corrected chi connectivity index (χ4v) is 3.49. The number of para-hydroxylation sites is 2. The van der Waals surface area contributed by atoms with Crippen LogP contribution >= 0.6 is 0 Å². The number of fused-ring (bicyclic) bond motifs is 2. The Hall–Kier alpha value is -2.83. The summed E-state index contributed by atoms with van der Waals surface area (Å²) in [4.78, 5) is 1.99. The predicted octanol–water partition coefficient (Wildman–Crippen LogP) is 2.94. The van der Waals surface area contributed by atoms with Gasteiger partial charge in [-0.25, -0.2) is 0 Å². The summed E-state index contributed by atoms with van der Waals surface area (Å²) < 4.78 is 1.82. The molecule has 0 aliphatic carbocycles. The van der Waals surface area contributed by atoms with Gasteiger partial charge in [0.05, 0.1) is 24.1 Å². The maximum Gasteiger partial charge on any atom is 0.153 e. The number of nitrogens with one attached hydrogen (secondary N) is 1. The Morgan fingerprint density at radius 3 is 2.85 bits per heavy atom. The molecule has 0 amide bonds. The summed E-state index contributed by atoms with van der Waals surface area (Å²) in [5.41, 5.74) is 11.7. The van der Waals surface area contributed by atoms with Gasteiger partial charge in [0.2, 0.25) is 0 Å². The number of aliphatic hydroxyl groups is 1. The summed E-state index contributed by atoms with van der Waals surface area (Å²) in [7, 11) is 1.91. The molecule has 26 heavy (non-hydrogen) atoms. The van der Waals surface area contributed by atoms with Gasteiger partial charge < -0.3 is 21.1 Å². The number of hydrogen-bond acceptors (Lipinski definition) is 5. The Morgan fingerprint density at radius 1 is 1.27 bits per heavy atom. The molecule has 0 bridgehead atoms. The highest BCUT2D eigenvalue weighted by Gasteiger charge is 2.26. The molecular weight excluding hydrogens is 326 g/mol. The molecule has 1 aliphatic rings. The van der Waals surface area contributed by atoms with Crippen molar-refractivity contribution in [1.82, 2.24) is 9.78 Å². The van der Waals surface area contributed by atoms with Gasteiger partial charge in [-0.15, -0.1) is 0 Å². The second-order valence-corrected chi connectivity index (χ2v) is 6.68. The molecule has 1 unspecified atom stereocenters. The van der Waals surface area contributed by atoms with Crippen LogP contribution in [0.3, 0.4) is 0 Å². The van der Waals surface area contributed by atoms with E-state index in [1.807, 2.05) is 72.2 Å². The van der Waals surface area contributed by atoms with Gasteiger partial charge >= 0.3 is 0 Å². The summed E-state index contributed by atoms with van der Waals surface area (Å²) in [6.07, 6.45) is 1.08. The molecule has 4 N–H and O–H groups in total. The third-order valence-corrected chi connectivity index (χ3v) is 5.00. The molecule has 6 heteroatoms. The monoisotopic (exact) mass is 349 g/mol. The van der Waals surface area contributed by atoms with Crippen molar-refractivity contribution in [3.05, 3.63) is 70.9 Å². The normalized spacial score (nSPS) is 14.2. The van der Waals surface area contributed by atoms with Crippen LogP contribution in [0, 0.1) is 6.92 Å². The molecule has 0 radical (unpaired) electrons. The highest BCUT2D eigenvalue weighted by atomic mass is 16.3. The first-order valence-corrected chi connectivity index (χ1v) is 8.69. The quantitative estimate of drug-likeness (QED) is 0.677. The third kappa shape index (κ3) is 2.73. The second-order valence-electron chi connectivity index (χ2n) is 6.68. The van der Waals surface area contributed by atoms with Crippen LogP contribution in [-0.4, -0.2) is 14.9 Å². The van der Waals surface area contributed by atoms with Crippen molar-refractivity contribution in [2.45, 2.75) is 26.2 Å². The largest absolute Gasteiger partial charge is 0.369 e. The van der Waals surface area contributed by atoms with Crippen LogP contribution < -0.4 is 16.0 Å². The molecule has 0 saturated heterocycles. The first kappa shape index (κ1) is 16.6. The highest BCUT2D eigenvalue weighted by molar-refractivity contribution is 5.78. The zero-order chi connectivity index (χ0) is 18.3. The van der Waals surface area contributed by atoms with Crippen LogP contribution in [0.15, 0.2) is 48.7 Å². The molecule has 2 aromatic carbocycles. The van der Waals surface area contributed by atoms with Crippen molar-refractivity contribution < 1.29 is 5.11 Å². The number of rotatable bonds is 3. The molecule has 1 atom stereocenters. The maximum absolute atomic E-state index is 11.2. The van der Waals surface area contributed by atoms with E-state index in [0.717, 1.165) is 39.4 Å². The lowest BCUT2D eigenvalue weighted by Crippen LogP contribution is -2.27. The molecule has 1 aromatic heterocycles. The fourth-order valence-electron chi connectivity index (χ4n) is 3.49. The lowest BCUT2D eigenvalue weighted by molar-refractivity contribution is 0.170. The van der Waals surface area contributed by atoms with Crippen LogP contribution in [0.4, 0.5) is 17.2 Å². The Kier molecular flexibility index (Phi) is 4.14. The molecule has 3 aromatic rings. The lowest BCUT2D eigenvalue weighted by Gasteiger charge is -2.30. The van der Waals surface area contributed by atoms with Crippen LogP contribution in [0.25, 0.3) is 0 Å². The number of aromatic nitrogens is 2. The van der Waals surface area contributed by atoms with E-state index in [9.17, 15) is 5.11 Å². The zero-order valence-electron chi connectivity index (χ0n) is 15.0. The molecule has 0 spiro atoms. The minimum absolute atomic E-state index is 0.498. The number of hydrogen-bond donors (Lipinski definition) is 3. The number of benzene rings is 2. The number of nitrogens with two attached hydrogens (primary N) is 1. The SMILES string of the molecule is Cc1cc(C(O)N2Cc3cnn(C)c3Nc3ccccc32)ccc1CN. The minimum Gasteiger partial charge on any atom is -0.369 e. The number of anilines is 3. The van der Waals surface area contributed by atoms with Crippen molar-refractivity contribution in [1.29, 1.82) is 0 Å². The van der Waals surface area contributed by atoms with Gasteiger partial charge in [-0.1, -0.05) is 30.3 Å². The molecule has 4 rings (SSSR count). The van der Waals surface area contributed by atoms with E-state index in [1.165, 1.54) is 0 Å². The van der Waals surface area contributed by atoms with Crippen molar-refractivity contribution in [3.63, 3.8) is 0 Å². The first-order chi connectivity index (χ1) is 12.6. The predicted molar refractivity (Wildman–Crippen MR) is 103 cm³/mol. The van der Waals surface area contributed by atoms with Gasteiger partial charge in [0.15, 0.2) is 6.23 Å². The molecular formula is C20H23N5O. The lowest BCUT2D eigenvalue weighted by atomic mass is 10.0. The maximum atomic E-state index is 11.2. The summed E-state index contributed by atoms with van der Waals surface area (Å²) >= 11 is 0. The average Bonchev–Trinajstić information content (AvgIpc) is 2.90. The molecule has 6 nitrogen and oxygen atoms in total. The molecule has 0 saturated carbocycles. The van der Waals surface area contributed by atoms with Crippen LogP contribution in [0.1, 0.15) is 28.5 Å². The first-order valence-electron chi connectivity index (χ1n) is 8.69. The number of nitrogens with zero attached hydrogens (tertiary/aromatic N) is 3. The van der Waals surface area contributed by atoms with Crippen LogP contribution in [0.2, 0.25) is 0 Å². The van der Waals surface area contributed by atoms with E-state index in [4.69, 9.17) is 5.73 Å². The average molecular weight is 349 g/mol. The van der Waals surface area contributed by atoms with Gasteiger partial charge in [-0.2, -0.15) is 5.10 Å². The molecule has 2 heterocycles. The van der Waals surface area contributed by atoms with Gasteiger partial charge in [-0.3, -0.25) is 4.68 Å². The Labute approximate surface area is 152 Å². The van der Waals surface area contributed by atoms with Gasteiger partial charge in [0, 0.05) is 24.7 Å². The zero-order valence-corrected chi connectivity index (χ0v) is 15.0. The topological polar surface area (TPSA) is 79.3 Å². The molecule has 134 valence electrons. The van der Waals surface area contributed by atoms with E-state index in [0.29, 0.717) is 13.1 Å². The van der Waals surface area contributed by atoms with Crippen molar-refractivity contribution in [2.24, 2.45) is 12.8 Å². The highest BCUT2D eigenvalue weighted by Crippen LogP contribution is 2.39. The number of aryl methyl sites for hydroxylation is 2. The van der Waals surface area contributed by atoms with Gasteiger partial charge in [-0.05, 0) is 30.2 Å². The van der Waals surface area contributed by atoms with Crippen molar-refractivity contribution >= 4 is 17.2 Å². The van der Waals surface area contributed by atoms with Crippen LogP contribution in [-0.2, 0) is 20.1 Å². The Morgan fingerprint density at radius 2 is 2.08 bits per heavy atom. The van der Waals surface area contributed by atoms with E-state index in [2.05, 4.69) is 10.4 Å². The molecule has 1 aliphatic heterocycles. The van der Waals surface area contributed by atoms with E-state index < -0.39 is 6.23 Å².